The van der Waals surface area contributed by atoms with Crippen molar-refractivity contribution in [3.05, 3.63) is 0 Å². The largest absolute Gasteiger partial charge is 0.475 e. The van der Waals surface area contributed by atoms with Crippen LogP contribution < -0.4 is 0 Å². The molecule has 66 heavy (non-hydrogen) atoms. The van der Waals surface area contributed by atoms with Crippen molar-refractivity contribution >= 4 is 31.7 Å². The zero-order valence-electron chi connectivity index (χ0n) is 43.7. The maximum atomic E-state index is 13.4. The van der Waals surface area contributed by atoms with Gasteiger partial charge < -0.3 is 23.4 Å². The standard InChI is InChI=1S/C52H101NO12P/c1-9-14-18-22-24-28-34-46(32-26-20-16-11-3)42-59-49(54)36-30-37-51(56)61-44-48(45-64-66(58,62-13-5)63-41-40-53(6,7)8)65-52(57)39-31-38-50(55)60-43-47(33-27-21-17-12-4)35-29-25-23-19-15-10-2/h46-48H,9-45H2,1-8H3/q+1/t46?,47?,48-,66?/m1/s1. The van der Waals surface area contributed by atoms with E-state index in [1.54, 1.807) is 6.92 Å². The van der Waals surface area contributed by atoms with Crippen LogP contribution in [0, 0.1) is 11.8 Å². The molecule has 0 saturated carbocycles. The first kappa shape index (κ1) is 64.0. The van der Waals surface area contributed by atoms with E-state index in [9.17, 15) is 23.7 Å². The van der Waals surface area contributed by atoms with Crippen molar-refractivity contribution in [2.75, 3.05) is 67.3 Å². The van der Waals surface area contributed by atoms with E-state index in [2.05, 4.69) is 27.7 Å². The van der Waals surface area contributed by atoms with Crippen molar-refractivity contribution < 1.29 is 60.7 Å². The van der Waals surface area contributed by atoms with Crippen LogP contribution in [0.1, 0.15) is 227 Å². The molecule has 0 spiro atoms. The van der Waals surface area contributed by atoms with Crippen molar-refractivity contribution in [2.24, 2.45) is 11.8 Å². The highest BCUT2D eigenvalue weighted by Crippen LogP contribution is 2.49. The Bertz CT molecular complexity index is 1240. The Labute approximate surface area is 403 Å². The zero-order chi connectivity index (χ0) is 49.2. The third-order valence-corrected chi connectivity index (χ3v) is 13.3. The Kier molecular flexibility index (Phi) is 41.7. The summed E-state index contributed by atoms with van der Waals surface area (Å²) < 4.78 is 53.0. The molecule has 4 atom stereocenters. The van der Waals surface area contributed by atoms with Crippen molar-refractivity contribution in [3.8, 4) is 0 Å². The maximum absolute atomic E-state index is 13.4. The highest BCUT2D eigenvalue weighted by atomic mass is 31.2. The highest BCUT2D eigenvalue weighted by Gasteiger charge is 2.30. The number of phosphoric ester groups is 1. The molecular weight excluding hydrogens is 862 g/mol. The molecule has 0 fully saturated rings. The molecule has 0 aromatic carbocycles. The molecule has 3 unspecified atom stereocenters. The lowest BCUT2D eigenvalue weighted by molar-refractivity contribution is -0.870. The average molecular weight is 963 g/mol. The van der Waals surface area contributed by atoms with Crippen LogP contribution in [0.5, 0.6) is 0 Å². The van der Waals surface area contributed by atoms with Gasteiger partial charge in [0.05, 0.1) is 47.6 Å². The zero-order valence-corrected chi connectivity index (χ0v) is 44.6. The summed E-state index contributed by atoms with van der Waals surface area (Å²) >= 11 is 0. The monoisotopic (exact) mass is 963 g/mol. The molecule has 0 amide bonds. The van der Waals surface area contributed by atoms with E-state index < -0.39 is 32.5 Å². The summed E-state index contributed by atoms with van der Waals surface area (Å²) in [6, 6.07) is 0. The number of rotatable bonds is 48. The van der Waals surface area contributed by atoms with Gasteiger partial charge in [-0.2, -0.15) is 0 Å². The lowest BCUT2D eigenvalue weighted by Gasteiger charge is -2.25. The molecule has 0 saturated heterocycles. The van der Waals surface area contributed by atoms with Crippen LogP contribution in [0.4, 0.5) is 0 Å². The Morgan fingerprint density at radius 1 is 0.424 bits per heavy atom. The highest BCUT2D eigenvalue weighted by molar-refractivity contribution is 7.48. The fourth-order valence-electron chi connectivity index (χ4n) is 7.58. The topological polar surface area (TPSA) is 150 Å². The van der Waals surface area contributed by atoms with Gasteiger partial charge >= 0.3 is 31.7 Å². The summed E-state index contributed by atoms with van der Waals surface area (Å²) in [5, 5.41) is 0. The number of hydrogen-bond acceptors (Lipinski definition) is 12. The number of ether oxygens (including phenoxy) is 4. The maximum Gasteiger partial charge on any atom is 0.475 e. The minimum absolute atomic E-state index is 0.0406. The fourth-order valence-corrected chi connectivity index (χ4v) is 8.77. The van der Waals surface area contributed by atoms with Gasteiger partial charge in [-0.15, -0.1) is 0 Å². The van der Waals surface area contributed by atoms with E-state index in [1.165, 1.54) is 103 Å². The predicted octanol–water partition coefficient (Wildman–Crippen LogP) is 13.4. The number of hydrogen-bond donors (Lipinski definition) is 0. The normalized spacial score (nSPS) is 14.0. The van der Waals surface area contributed by atoms with E-state index >= 15 is 0 Å². The van der Waals surface area contributed by atoms with E-state index in [0.717, 1.165) is 51.4 Å². The van der Waals surface area contributed by atoms with E-state index in [1.807, 2.05) is 21.1 Å². The molecule has 0 rings (SSSR count). The Balaban J connectivity index is 5.26. The third kappa shape index (κ3) is 41.0. The molecule has 0 heterocycles. The van der Waals surface area contributed by atoms with Crippen molar-refractivity contribution in [1.29, 1.82) is 0 Å². The molecule has 0 aliphatic heterocycles. The Morgan fingerprint density at radius 2 is 0.788 bits per heavy atom. The van der Waals surface area contributed by atoms with Gasteiger partial charge in [0.15, 0.2) is 6.10 Å². The predicted molar refractivity (Wildman–Crippen MR) is 265 cm³/mol. The van der Waals surface area contributed by atoms with Crippen LogP contribution in [-0.4, -0.2) is 102 Å². The molecule has 0 bridgehead atoms. The molecule has 0 aromatic heterocycles. The quantitative estimate of drug-likeness (QED) is 0.0188. The van der Waals surface area contributed by atoms with E-state index in [4.69, 9.17) is 32.5 Å². The van der Waals surface area contributed by atoms with Crippen molar-refractivity contribution in [3.63, 3.8) is 0 Å². The van der Waals surface area contributed by atoms with Crippen LogP contribution in [0.15, 0.2) is 0 Å². The van der Waals surface area contributed by atoms with E-state index in [0.29, 0.717) is 36.1 Å². The summed E-state index contributed by atoms with van der Waals surface area (Å²) in [6.45, 7) is 11.2. The van der Waals surface area contributed by atoms with Gasteiger partial charge in [0.2, 0.25) is 0 Å². The van der Waals surface area contributed by atoms with Gasteiger partial charge in [-0.1, -0.05) is 156 Å². The summed E-state index contributed by atoms with van der Waals surface area (Å²) in [5.41, 5.74) is 0. The van der Waals surface area contributed by atoms with Gasteiger partial charge in [-0.3, -0.25) is 32.7 Å². The van der Waals surface area contributed by atoms with Crippen molar-refractivity contribution in [2.45, 2.75) is 233 Å². The van der Waals surface area contributed by atoms with Crippen LogP contribution in [0.3, 0.4) is 0 Å². The number of likely N-dealkylation sites (N-methyl/N-ethyl adjacent to an activating group) is 1. The van der Waals surface area contributed by atoms with Gasteiger partial charge in [0.1, 0.15) is 19.8 Å². The number of carbonyl (C=O) groups is 4. The molecule has 0 aliphatic rings. The van der Waals surface area contributed by atoms with Crippen LogP contribution in [0.25, 0.3) is 0 Å². The second kappa shape index (κ2) is 43.0. The van der Waals surface area contributed by atoms with Crippen LogP contribution >= 0.6 is 7.82 Å². The molecule has 13 nitrogen and oxygen atoms in total. The molecule has 0 radical (unpaired) electrons. The Morgan fingerprint density at radius 3 is 1.18 bits per heavy atom. The molecular formula is C52H101NO12P+. The second-order valence-electron chi connectivity index (χ2n) is 19.4. The number of phosphoric acid groups is 1. The SMILES string of the molecule is CCCCCCCCC(CCCCCC)COC(=O)CCCC(=O)OC[C@H](COP(=O)(OCC)OCC[N+](C)(C)C)OC(=O)CCCC(=O)OCC(CCCCCC)CCCCCCCC. The van der Waals surface area contributed by atoms with Gasteiger partial charge in [0, 0.05) is 25.7 Å². The first-order chi connectivity index (χ1) is 31.7. The third-order valence-electron chi connectivity index (χ3n) is 11.8. The number of nitrogens with zero attached hydrogens (tertiary/aromatic N) is 1. The molecule has 390 valence electrons. The van der Waals surface area contributed by atoms with Crippen LogP contribution in [-0.2, 0) is 56.3 Å². The van der Waals surface area contributed by atoms with Gasteiger partial charge in [0.25, 0.3) is 0 Å². The van der Waals surface area contributed by atoms with Crippen LogP contribution in [0.2, 0.25) is 0 Å². The molecule has 0 aliphatic carbocycles. The molecule has 14 heteroatoms. The summed E-state index contributed by atoms with van der Waals surface area (Å²) in [5.74, 6) is -1.21. The number of esters is 4. The number of carbonyl (C=O) groups excluding carboxylic acids is 4. The minimum atomic E-state index is -4.05. The molecule has 0 aromatic rings. The summed E-state index contributed by atoms with van der Waals surface area (Å²) in [7, 11) is 1.86. The molecule has 0 N–H and O–H groups in total. The average Bonchev–Trinajstić information content (AvgIpc) is 3.27. The Hall–Kier alpha value is -2.05. The van der Waals surface area contributed by atoms with Gasteiger partial charge in [-0.25, -0.2) is 4.57 Å². The second-order valence-corrected chi connectivity index (χ2v) is 21.1. The van der Waals surface area contributed by atoms with Gasteiger partial charge in [-0.05, 0) is 57.3 Å². The first-order valence-corrected chi connectivity index (χ1v) is 28.2. The lowest BCUT2D eigenvalue weighted by Crippen LogP contribution is -2.37. The first-order valence-electron chi connectivity index (χ1n) is 26.7. The number of unbranched alkanes of at least 4 members (excludes halogenated alkanes) is 16. The lowest BCUT2D eigenvalue weighted by atomic mass is 9.95. The smallest absolute Gasteiger partial charge is 0.465 e. The van der Waals surface area contributed by atoms with Crippen molar-refractivity contribution in [1.82, 2.24) is 0 Å². The number of quaternary nitrogens is 1. The minimum Gasteiger partial charge on any atom is -0.465 e. The van der Waals surface area contributed by atoms with E-state index in [-0.39, 0.29) is 70.3 Å². The fraction of sp³-hybridized carbons (Fsp3) is 0.923. The summed E-state index contributed by atoms with van der Waals surface area (Å²) in [4.78, 5) is 51.4. The summed E-state index contributed by atoms with van der Waals surface area (Å²) in [6.07, 6.45) is 27.7.